The van der Waals surface area contributed by atoms with Gasteiger partial charge in [-0.2, -0.15) is 0 Å². The van der Waals surface area contributed by atoms with Gasteiger partial charge in [-0.15, -0.1) is 0 Å². The first-order valence-electron chi connectivity index (χ1n) is 6.75. The molecule has 0 atom stereocenters. The van der Waals surface area contributed by atoms with Gasteiger partial charge >= 0.3 is 5.97 Å². The van der Waals surface area contributed by atoms with Crippen LogP contribution in [0.1, 0.15) is 23.7 Å². The zero-order chi connectivity index (χ0) is 16.0. The average molecular weight is 308 g/mol. The summed E-state index contributed by atoms with van der Waals surface area (Å²) in [6.07, 6.45) is -0.479. The largest absolute Gasteiger partial charge is 0.544 e. The summed E-state index contributed by atoms with van der Waals surface area (Å²) in [4.78, 5) is 34.5. The van der Waals surface area contributed by atoms with Crippen LogP contribution in [0.4, 0.5) is 0 Å². The molecule has 0 radical (unpaired) electrons. The molecule has 0 aliphatic heterocycles. The molecule has 1 aromatic rings. The summed E-state index contributed by atoms with van der Waals surface area (Å²) in [7, 11) is -1.69. The zero-order valence-corrected chi connectivity index (χ0v) is 13.8. The van der Waals surface area contributed by atoms with Gasteiger partial charge in [-0.1, -0.05) is 0 Å². The molecule has 0 aliphatic carbocycles. The van der Waals surface area contributed by atoms with E-state index in [4.69, 9.17) is 4.43 Å². The van der Waals surface area contributed by atoms with E-state index in [-0.39, 0.29) is 6.61 Å². The number of Topliss-reactive ketones (excluding diaryl/α,β-unsaturated/α-hetero) is 2. The highest BCUT2D eigenvalue weighted by Crippen LogP contribution is 2.17. The van der Waals surface area contributed by atoms with Crippen LogP contribution in [0, 0.1) is 0 Å². The molecule has 0 spiro atoms. The highest BCUT2D eigenvalue weighted by Gasteiger charge is 2.20. The molecule has 114 valence electrons. The molecule has 0 heterocycles. The number of benzene rings is 1. The van der Waals surface area contributed by atoms with Crippen LogP contribution in [0.25, 0.3) is 0 Å². The Morgan fingerprint density at radius 1 is 1.05 bits per heavy atom. The molecular formula is C15H20O5Si. The number of ether oxygens (including phenoxy) is 1. The van der Waals surface area contributed by atoms with Gasteiger partial charge in [0.2, 0.25) is 14.1 Å². The number of esters is 1. The Balaban J connectivity index is 2.67. The number of hydrogen-bond donors (Lipinski definition) is 0. The van der Waals surface area contributed by atoms with Gasteiger partial charge in [0.15, 0.2) is 5.78 Å². The van der Waals surface area contributed by atoms with E-state index in [9.17, 15) is 14.4 Å². The predicted octanol–water partition coefficient (Wildman–Crippen LogP) is 2.61. The van der Waals surface area contributed by atoms with E-state index in [0.29, 0.717) is 11.3 Å². The molecule has 1 rings (SSSR count). The summed E-state index contributed by atoms with van der Waals surface area (Å²) >= 11 is 0. The van der Waals surface area contributed by atoms with E-state index in [1.54, 1.807) is 31.2 Å². The van der Waals surface area contributed by atoms with E-state index >= 15 is 0 Å². The Morgan fingerprint density at radius 3 is 2.10 bits per heavy atom. The number of ketones is 2. The van der Waals surface area contributed by atoms with Crippen molar-refractivity contribution in [1.29, 1.82) is 0 Å². The number of carbonyl (C=O) groups excluding carboxylic acids is 3. The van der Waals surface area contributed by atoms with Gasteiger partial charge in [0.25, 0.3) is 0 Å². The molecule has 21 heavy (non-hydrogen) atoms. The first-order chi connectivity index (χ1) is 9.73. The van der Waals surface area contributed by atoms with Crippen LogP contribution in [0.3, 0.4) is 0 Å². The maximum Gasteiger partial charge on any atom is 0.375 e. The highest BCUT2D eigenvalue weighted by atomic mass is 28.4. The number of carbonyl (C=O) groups is 3. The molecular weight excluding hydrogens is 288 g/mol. The summed E-state index contributed by atoms with van der Waals surface area (Å²) in [5.74, 6) is -1.51. The van der Waals surface area contributed by atoms with E-state index in [1.165, 1.54) is 0 Å². The summed E-state index contributed by atoms with van der Waals surface area (Å²) in [6, 6.07) is 6.58. The van der Waals surface area contributed by atoms with Crippen molar-refractivity contribution in [3.63, 3.8) is 0 Å². The molecule has 0 bridgehead atoms. The lowest BCUT2D eigenvalue weighted by molar-refractivity contribution is -0.153. The van der Waals surface area contributed by atoms with Crippen LogP contribution in [0.15, 0.2) is 24.3 Å². The Morgan fingerprint density at radius 2 is 1.62 bits per heavy atom. The second kappa shape index (κ2) is 7.17. The lowest BCUT2D eigenvalue weighted by Crippen LogP contribution is -2.29. The lowest BCUT2D eigenvalue weighted by atomic mass is 10.1. The van der Waals surface area contributed by atoms with Gasteiger partial charge in [-0.25, -0.2) is 4.79 Å². The third kappa shape index (κ3) is 5.91. The molecule has 0 saturated carbocycles. The Hall–Kier alpha value is -1.95. The Bertz CT molecular complexity index is 528. The van der Waals surface area contributed by atoms with Crippen LogP contribution in [0.5, 0.6) is 5.75 Å². The molecule has 1 aromatic carbocycles. The van der Waals surface area contributed by atoms with E-state index in [1.807, 2.05) is 0 Å². The van der Waals surface area contributed by atoms with E-state index in [0.717, 1.165) is 0 Å². The van der Waals surface area contributed by atoms with Crippen molar-refractivity contribution in [1.82, 2.24) is 0 Å². The Kier molecular flexibility index (Phi) is 5.84. The van der Waals surface area contributed by atoms with Gasteiger partial charge in [0, 0.05) is 5.56 Å². The topological polar surface area (TPSA) is 69.7 Å². The molecule has 0 saturated heterocycles. The number of hydrogen-bond acceptors (Lipinski definition) is 5. The third-order valence-electron chi connectivity index (χ3n) is 2.42. The minimum absolute atomic E-state index is 0.113. The smallest absolute Gasteiger partial charge is 0.375 e. The minimum Gasteiger partial charge on any atom is -0.544 e. The molecule has 0 fully saturated rings. The van der Waals surface area contributed by atoms with Crippen LogP contribution in [-0.4, -0.2) is 32.5 Å². The first kappa shape index (κ1) is 17.1. The summed E-state index contributed by atoms with van der Waals surface area (Å²) in [5.41, 5.74) is 0.371. The average Bonchev–Trinajstić information content (AvgIpc) is 2.37. The van der Waals surface area contributed by atoms with Gasteiger partial charge < -0.3 is 9.16 Å². The molecule has 5 nitrogen and oxygen atoms in total. The minimum atomic E-state index is -1.69. The molecule has 0 aliphatic rings. The third-order valence-corrected chi connectivity index (χ3v) is 3.27. The number of rotatable bonds is 7. The van der Waals surface area contributed by atoms with Crippen LogP contribution in [-0.2, 0) is 14.3 Å². The first-order valence-corrected chi connectivity index (χ1v) is 10.2. The van der Waals surface area contributed by atoms with Crippen molar-refractivity contribution < 1.29 is 23.5 Å². The SMILES string of the molecule is CCOC(=O)C(=O)CC(=O)c1ccc(O[Si](C)(C)C)cc1. The predicted molar refractivity (Wildman–Crippen MR) is 81.0 cm³/mol. The summed E-state index contributed by atoms with van der Waals surface area (Å²) in [6.45, 7) is 7.89. The summed E-state index contributed by atoms with van der Waals surface area (Å²) < 4.78 is 10.3. The second-order valence-electron chi connectivity index (χ2n) is 5.48. The van der Waals surface area contributed by atoms with Crippen molar-refractivity contribution in [2.45, 2.75) is 33.0 Å². The van der Waals surface area contributed by atoms with Crippen molar-refractivity contribution in [2.24, 2.45) is 0 Å². The van der Waals surface area contributed by atoms with Crippen LogP contribution < -0.4 is 4.43 Å². The normalized spacial score (nSPS) is 10.9. The molecule has 0 amide bonds. The quantitative estimate of drug-likeness (QED) is 0.255. The molecule has 0 N–H and O–H groups in total. The molecule has 0 aromatic heterocycles. The maximum absolute atomic E-state index is 11.9. The van der Waals surface area contributed by atoms with Gasteiger partial charge in [-0.3, -0.25) is 9.59 Å². The fourth-order valence-corrected chi connectivity index (χ4v) is 2.44. The standard InChI is InChI=1S/C15H20O5Si/c1-5-19-15(18)14(17)10-13(16)11-6-8-12(9-7-11)20-21(2,3)4/h6-9H,5,10H2,1-4H3. The second-order valence-corrected chi connectivity index (χ2v) is 9.91. The molecule has 0 unspecified atom stereocenters. The zero-order valence-electron chi connectivity index (χ0n) is 12.8. The van der Waals surface area contributed by atoms with Crippen LogP contribution >= 0.6 is 0 Å². The van der Waals surface area contributed by atoms with Crippen molar-refractivity contribution >= 4 is 25.9 Å². The lowest BCUT2D eigenvalue weighted by Gasteiger charge is -2.19. The van der Waals surface area contributed by atoms with Crippen molar-refractivity contribution in [3.05, 3.63) is 29.8 Å². The molecule has 6 heteroatoms. The van der Waals surface area contributed by atoms with Crippen molar-refractivity contribution in [3.8, 4) is 5.75 Å². The van der Waals surface area contributed by atoms with E-state index < -0.39 is 32.3 Å². The van der Waals surface area contributed by atoms with Gasteiger partial charge in [0.1, 0.15) is 5.75 Å². The monoisotopic (exact) mass is 308 g/mol. The van der Waals surface area contributed by atoms with E-state index in [2.05, 4.69) is 24.4 Å². The van der Waals surface area contributed by atoms with Gasteiger partial charge in [0.05, 0.1) is 13.0 Å². The maximum atomic E-state index is 11.9. The summed E-state index contributed by atoms with van der Waals surface area (Å²) in [5, 5.41) is 0. The highest BCUT2D eigenvalue weighted by molar-refractivity contribution is 6.70. The van der Waals surface area contributed by atoms with Crippen molar-refractivity contribution in [2.75, 3.05) is 6.61 Å². The fourth-order valence-electron chi connectivity index (χ4n) is 1.59. The Labute approximate surface area is 125 Å². The fraction of sp³-hybridized carbons (Fsp3) is 0.400. The van der Waals surface area contributed by atoms with Gasteiger partial charge in [-0.05, 0) is 50.8 Å². The van der Waals surface area contributed by atoms with Crippen LogP contribution in [0.2, 0.25) is 19.6 Å².